The van der Waals surface area contributed by atoms with Crippen molar-refractivity contribution in [2.75, 3.05) is 7.11 Å². The number of ketones is 1. The van der Waals surface area contributed by atoms with E-state index in [1.807, 2.05) is 0 Å². The molecule has 0 heterocycles. The molecule has 0 saturated heterocycles. The maximum absolute atomic E-state index is 14.1. The lowest BCUT2D eigenvalue weighted by Crippen LogP contribution is -2.31. The highest BCUT2D eigenvalue weighted by atomic mass is 19.3. The molecule has 2 aromatic rings. The summed E-state index contributed by atoms with van der Waals surface area (Å²) in [6, 6.07) is 13.1. The van der Waals surface area contributed by atoms with E-state index in [4.69, 9.17) is 0 Å². The van der Waals surface area contributed by atoms with Gasteiger partial charge in [0.1, 0.15) is 0 Å². The van der Waals surface area contributed by atoms with Gasteiger partial charge in [-0.15, -0.1) is 0 Å². The molecule has 0 bridgehead atoms. The summed E-state index contributed by atoms with van der Waals surface area (Å²) >= 11 is 0. The number of Topliss-reactive ketones (excluding diaryl/α,β-unsaturated/α-hetero) is 1. The molecule has 114 valence electrons. The second-order valence-corrected chi connectivity index (χ2v) is 4.77. The maximum Gasteiger partial charge on any atom is 0.337 e. The van der Waals surface area contributed by atoms with Gasteiger partial charge in [-0.3, -0.25) is 4.79 Å². The summed E-state index contributed by atoms with van der Waals surface area (Å²) in [4.78, 5) is 23.3. The van der Waals surface area contributed by atoms with Gasteiger partial charge in [0, 0.05) is 12.0 Å². The van der Waals surface area contributed by atoms with E-state index >= 15 is 0 Å². The monoisotopic (exact) mass is 304 g/mol. The number of rotatable bonds is 5. The molecule has 0 atom stereocenters. The average Bonchev–Trinajstić information content (AvgIpc) is 2.54. The van der Waals surface area contributed by atoms with Crippen LogP contribution in [0.3, 0.4) is 0 Å². The van der Waals surface area contributed by atoms with Gasteiger partial charge in [0.15, 0.2) is 0 Å². The highest BCUT2D eigenvalue weighted by Crippen LogP contribution is 2.25. The molecule has 0 radical (unpaired) electrons. The van der Waals surface area contributed by atoms with Gasteiger partial charge in [0.25, 0.3) is 0 Å². The standard InChI is InChI=1S/C17H14F2O3/c1-22-16(21)14-9-5-6-12(10-14)11-17(18,19)15(20)13-7-3-2-4-8-13/h2-10H,11H2,1H3. The quantitative estimate of drug-likeness (QED) is 0.627. The molecule has 0 unspecified atom stereocenters. The Bertz CT molecular complexity index is 681. The molecule has 2 rings (SSSR count). The van der Waals surface area contributed by atoms with Crippen LogP contribution in [-0.2, 0) is 11.2 Å². The van der Waals surface area contributed by atoms with Crippen LogP contribution in [0.25, 0.3) is 0 Å². The van der Waals surface area contributed by atoms with Crippen LogP contribution < -0.4 is 0 Å². The highest BCUT2D eigenvalue weighted by molar-refractivity contribution is 6.01. The van der Waals surface area contributed by atoms with Crippen LogP contribution in [0.1, 0.15) is 26.3 Å². The molecule has 0 aliphatic heterocycles. The summed E-state index contributed by atoms with van der Waals surface area (Å²) < 4.78 is 32.8. The van der Waals surface area contributed by atoms with E-state index in [-0.39, 0.29) is 16.7 Å². The van der Waals surface area contributed by atoms with Crippen LogP contribution in [0.5, 0.6) is 0 Å². The van der Waals surface area contributed by atoms with Gasteiger partial charge < -0.3 is 4.74 Å². The number of alkyl halides is 2. The number of hydrogen-bond donors (Lipinski definition) is 0. The van der Waals surface area contributed by atoms with E-state index < -0.39 is 24.1 Å². The molecule has 0 fully saturated rings. The Labute approximate surface area is 126 Å². The van der Waals surface area contributed by atoms with Crippen molar-refractivity contribution < 1.29 is 23.1 Å². The Morgan fingerprint density at radius 2 is 1.64 bits per heavy atom. The SMILES string of the molecule is COC(=O)c1cccc(CC(F)(F)C(=O)c2ccccc2)c1. The normalized spacial score (nSPS) is 11.0. The van der Waals surface area contributed by atoms with Crippen molar-refractivity contribution in [3.63, 3.8) is 0 Å². The average molecular weight is 304 g/mol. The number of methoxy groups -OCH3 is 1. The first-order valence-corrected chi connectivity index (χ1v) is 6.59. The van der Waals surface area contributed by atoms with E-state index in [0.29, 0.717) is 0 Å². The zero-order valence-electron chi connectivity index (χ0n) is 11.9. The van der Waals surface area contributed by atoms with Crippen molar-refractivity contribution in [1.29, 1.82) is 0 Å². The summed E-state index contributed by atoms with van der Waals surface area (Å²) in [6.45, 7) is 0. The second kappa shape index (κ2) is 6.47. The number of carbonyl (C=O) groups is 2. The van der Waals surface area contributed by atoms with Crippen molar-refractivity contribution in [2.24, 2.45) is 0 Å². The van der Waals surface area contributed by atoms with Gasteiger partial charge in [0.2, 0.25) is 5.78 Å². The first-order chi connectivity index (χ1) is 10.4. The van der Waals surface area contributed by atoms with Crippen LogP contribution in [0.15, 0.2) is 54.6 Å². The van der Waals surface area contributed by atoms with Crippen LogP contribution in [0.4, 0.5) is 8.78 Å². The lowest BCUT2D eigenvalue weighted by atomic mass is 9.98. The first-order valence-electron chi connectivity index (χ1n) is 6.59. The predicted octanol–water partition coefficient (Wildman–Crippen LogP) is 3.53. The third kappa shape index (κ3) is 3.55. The summed E-state index contributed by atoms with van der Waals surface area (Å²) in [5.41, 5.74) is 0.316. The fourth-order valence-electron chi connectivity index (χ4n) is 2.06. The van der Waals surface area contributed by atoms with E-state index in [0.717, 1.165) is 0 Å². The molecule has 0 saturated carbocycles. The summed E-state index contributed by atoms with van der Waals surface area (Å²) in [6.07, 6.45) is -0.772. The third-order valence-corrected chi connectivity index (χ3v) is 3.14. The minimum absolute atomic E-state index is 0.0448. The minimum atomic E-state index is -3.55. The van der Waals surface area contributed by atoms with Gasteiger partial charge in [0.05, 0.1) is 12.7 Å². The first kappa shape index (κ1) is 15.8. The number of halogens is 2. The minimum Gasteiger partial charge on any atom is -0.465 e. The molecule has 5 heteroatoms. The third-order valence-electron chi connectivity index (χ3n) is 3.14. The summed E-state index contributed by atoms with van der Waals surface area (Å²) in [7, 11) is 1.21. The second-order valence-electron chi connectivity index (χ2n) is 4.77. The Morgan fingerprint density at radius 3 is 2.27 bits per heavy atom. The summed E-state index contributed by atoms with van der Waals surface area (Å²) in [5.74, 6) is -5.40. The maximum atomic E-state index is 14.1. The summed E-state index contributed by atoms with van der Waals surface area (Å²) in [5, 5.41) is 0. The van der Waals surface area contributed by atoms with E-state index in [1.54, 1.807) is 6.07 Å². The zero-order chi connectivity index (χ0) is 16.2. The van der Waals surface area contributed by atoms with E-state index in [1.165, 1.54) is 55.6 Å². The number of benzene rings is 2. The lowest BCUT2D eigenvalue weighted by Gasteiger charge is -2.15. The van der Waals surface area contributed by atoms with Gasteiger partial charge in [-0.1, -0.05) is 42.5 Å². The molecule has 0 spiro atoms. The molecule has 0 amide bonds. The smallest absolute Gasteiger partial charge is 0.337 e. The van der Waals surface area contributed by atoms with Gasteiger partial charge in [-0.05, 0) is 17.7 Å². The Morgan fingerprint density at radius 1 is 1.00 bits per heavy atom. The fourth-order valence-corrected chi connectivity index (χ4v) is 2.06. The molecule has 0 aliphatic carbocycles. The topological polar surface area (TPSA) is 43.4 Å². The molecule has 2 aromatic carbocycles. The van der Waals surface area contributed by atoms with Gasteiger partial charge in [-0.25, -0.2) is 4.79 Å². The Balaban J connectivity index is 2.22. The molecule has 0 aliphatic rings. The Hall–Kier alpha value is -2.56. The van der Waals surface area contributed by atoms with Gasteiger partial charge in [-0.2, -0.15) is 8.78 Å². The lowest BCUT2D eigenvalue weighted by molar-refractivity contribution is 0.0106. The molecular weight excluding hydrogens is 290 g/mol. The largest absolute Gasteiger partial charge is 0.465 e. The number of carbonyl (C=O) groups excluding carboxylic acids is 2. The van der Waals surface area contributed by atoms with Crippen LogP contribution in [0, 0.1) is 0 Å². The number of hydrogen-bond acceptors (Lipinski definition) is 3. The molecular formula is C17H14F2O3. The van der Waals surface area contributed by atoms with Gasteiger partial charge >= 0.3 is 11.9 Å². The fraction of sp³-hybridized carbons (Fsp3) is 0.176. The van der Waals surface area contributed by atoms with Crippen molar-refractivity contribution in [2.45, 2.75) is 12.3 Å². The van der Waals surface area contributed by atoms with E-state index in [2.05, 4.69) is 4.74 Å². The number of esters is 1. The van der Waals surface area contributed by atoms with Crippen LogP contribution in [0.2, 0.25) is 0 Å². The van der Waals surface area contributed by atoms with Crippen molar-refractivity contribution in [1.82, 2.24) is 0 Å². The highest BCUT2D eigenvalue weighted by Gasteiger charge is 2.39. The number of ether oxygens (including phenoxy) is 1. The molecule has 0 aromatic heterocycles. The Kier molecular flexibility index (Phi) is 4.65. The van der Waals surface area contributed by atoms with Crippen molar-refractivity contribution in [3.8, 4) is 0 Å². The predicted molar refractivity (Wildman–Crippen MR) is 77.2 cm³/mol. The zero-order valence-corrected chi connectivity index (χ0v) is 11.9. The molecule has 0 N–H and O–H groups in total. The van der Waals surface area contributed by atoms with E-state index in [9.17, 15) is 18.4 Å². The van der Waals surface area contributed by atoms with Crippen LogP contribution >= 0.6 is 0 Å². The van der Waals surface area contributed by atoms with Crippen LogP contribution in [-0.4, -0.2) is 24.8 Å². The molecule has 3 nitrogen and oxygen atoms in total. The van der Waals surface area contributed by atoms with Crippen molar-refractivity contribution in [3.05, 3.63) is 71.3 Å². The molecule has 22 heavy (non-hydrogen) atoms. The van der Waals surface area contributed by atoms with Crippen molar-refractivity contribution >= 4 is 11.8 Å².